The highest BCUT2D eigenvalue weighted by Crippen LogP contribution is 2.46. The van der Waals surface area contributed by atoms with Crippen LogP contribution in [0.3, 0.4) is 0 Å². The minimum atomic E-state index is -0.516. The first-order valence-corrected chi connectivity index (χ1v) is 12.7. The standard InChI is InChI=1S/C20H36Si/c1-21(2)18-20(19-14-10-11-15-19)16-12-8-6-4-3-5-7-9-13-17-20/h10-11,14-15,19,21H,3-9,12-13,16-18H2,1-2H3. The second-order valence-corrected chi connectivity index (χ2v) is 11.1. The van der Waals surface area contributed by atoms with E-state index in [1.807, 2.05) is 0 Å². The summed E-state index contributed by atoms with van der Waals surface area (Å²) >= 11 is 0. The van der Waals surface area contributed by atoms with Crippen LogP contribution in [0.1, 0.15) is 70.6 Å². The van der Waals surface area contributed by atoms with E-state index < -0.39 is 8.80 Å². The second kappa shape index (κ2) is 8.98. The summed E-state index contributed by atoms with van der Waals surface area (Å²) in [6, 6.07) is 1.55. The van der Waals surface area contributed by atoms with Crippen molar-refractivity contribution in [2.45, 2.75) is 89.8 Å². The van der Waals surface area contributed by atoms with Crippen molar-refractivity contribution in [3.63, 3.8) is 0 Å². The first kappa shape index (κ1) is 17.1. The van der Waals surface area contributed by atoms with Gasteiger partial charge in [-0.2, -0.15) is 0 Å². The fraction of sp³-hybridized carbons (Fsp3) is 0.800. The van der Waals surface area contributed by atoms with Gasteiger partial charge in [-0.15, -0.1) is 0 Å². The Balaban J connectivity index is 2.07. The highest BCUT2D eigenvalue weighted by atomic mass is 28.3. The normalized spacial score (nSPS) is 24.9. The fourth-order valence-corrected chi connectivity index (χ4v) is 6.95. The predicted molar refractivity (Wildman–Crippen MR) is 98.7 cm³/mol. The Morgan fingerprint density at radius 3 is 1.62 bits per heavy atom. The lowest BCUT2D eigenvalue weighted by atomic mass is 9.70. The van der Waals surface area contributed by atoms with E-state index >= 15 is 0 Å². The van der Waals surface area contributed by atoms with Crippen molar-refractivity contribution in [1.29, 1.82) is 0 Å². The summed E-state index contributed by atoms with van der Waals surface area (Å²) in [5.74, 6) is 0.746. The van der Waals surface area contributed by atoms with Gasteiger partial charge >= 0.3 is 0 Å². The first-order chi connectivity index (χ1) is 10.2. The molecule has 0 unspecified atom stereocenters. The molecule has 0 radical (unpaired) electrons. The summed E-state index contributed by atoms with van der Waals surface area (Å²) in [5, 5.41) is 0. The van der Waals surface area contributed by atoms with Gasteiger partial charge in [0.05, 0.1) is 0 Å². The molecular formula is C20H36Si. The summed E-state index contributed by atoms with van der Waals surface area (Å²) in [5.41, 5.74) is 0.614. The Labute approximate surface area is 134 Å². The molecule has 2 aliphatic rings. The minimum absolute atomic E-state index is 0.516. The van der Waals surface area contributed by atoms with Gasteiger partial charge in [0, 0.05) is 14.7 Å². The molecule has 0 heterocycles. The van der Waals surface area contributed by atoms with Crippen LogP contribution in [-0.4, -0.2) is 8.80 Å². The van der Waals surface area contributed by atoms with Gasteiger partial charge in [0.15, 0.2) is 0 Å². The smallest absolute Gasteiger partial charge is 0.0311 e. The van der Waals surface area contributed by atoms with E-state index in [0.717, 1.165) is 5.92 Å². The molecule has 0 aromatic carbocycles. The van der Waals surface area contributed by atoms with Crippen molar-refractivity contribution in [2.24, 2.45) is 11.3 Å². The number of allylic oxidation sites excluding steroid dienone is 4. The zero-order valence-electron chi connectivity index (χ0n) is 14.4. The largest absolute Gasteiger partial charge is 0.0771 e. The number of hydrogen-bond donors (Lipinski definition) is 0. The maximum atomic E-state index is 2.56. The van der Waals surface area contributed by atoms with E-state index in [4.69, 9.17) is 0 Å². The Kier molecular flexibility index (Phi) is 7.29. The molecule has 0 spiro atoms. The molecule has 120 valence electrons. The van der Waals surface area contributed by atoms with Crippen molar-refractivity contribution < 1.29 is 0 Å². The van der Waals surface area contributed by atoms with Crippen molar-refractivity contribution >= 4 is 8.80 Å². The molecule has 1 saturated carbocycles. The molecule has 0 N–H and O–H groups in total. The lowest BCUT2D eigenvalue weighted by Gasteiger charge is -2.40. The van der Waals surface area contributed by atoms with Crippen LogP contribution in [0.25, 0.3) is 0 Å². The Hall–Kier alpha value is -0.303. The molecule has 0 aromatic heterocycles. The molecule has 0 amide bonds. The van der Waals surface area contributed by atoms with Crippen LogP contribution < -0.4 is 0 Å². The van der Waals surface area contributed by atoms with Gasteiger partial charge in [0.25, 0.3) is 0 Å². The van der Waals surface area contributed by atoms with Crippen molar-refractivity contribution in [1.82, 2.24) is 0 Å². The zero-order chi connectivity index (χ0) is 15.0. The summed E-state index contributed by atoms with van der Waals surface area (Å²) in [4.78, 5) is 0. The molecule has 1 heteroatoms. The van der Waals surface area contributed by atoms with Gasteiger partial charge < -0.3 is 0 Å². The van der Waals surface area contributed by atoms with E-state index in [2.05, 4.69) is 37.4 Å². The molecule has 2 aliphatic carbocycles. The topological polar surface area (TPSA) is 0 Å². The maximum Gasteiger partial charge on any atom is 0.0311 e. The third-order valence-electron chi connectivity index (χ3n) is 5.62. The van der Waals surface area contributed by atoms with E-state index in [9.17, 15) is 0 Å². The van der Waals surface area contributed by atoms with Crippen molar-refractivity contribution in [3.05, 3.63) is 24.3 Å². The monoisotopic (exact) mass is 304 g/mol. The Morgan fingerprint density at radius 1 is 0.762 bits per heavy atom. The maximum absolute atomic E-state index is 2.56. The summed E-state index contributed by atoms with van der Waals surface area (Å²) in [7, 11) is -0.516. The van der Waals surface area contributed by atoms with Crippen LogP contribution in [0.2, 0.25) is 19.1 Å². The van der Waals surface area contributed by atoms with Crippen LogP contribution in [0.15, 0.2) is 24.3 Å². The molecule has 21 heavy (non-hydrogen) atoms. The van der Waals surface area contributed by atoms with Crippen LogP contribution in [-0.2, 0) is 0 Å². The highest BCUT2D eigenvalue weighted by molar-refractivity contribution is 6.55. The van der Waals surface area contributed by atoms with Crippen LogP contribution in [0, 0.1) is 11.3 Å². The fourth-order valence-electron chi connectivity index (χ4n) is 4.64. The molecule has 0 aliphatic heterocycles. The Bertz CT molecular complexity index is 316. The third-order valence-corrected chi connectivity index (χ3v) is 7.25. The van der Waals surface area contributed by atoms with Gasteiger partial charge in [0.2, 0.25) is 0 Å². The van der Waals surface area contributed by atoms with Gasteiger partial charge in [-0.25, -0.2) is 0 Å². The van der Waals surface area contributed by atoms with Gasteiger partial charge in [-0.05, 0) is 18.3 Å². The van der Waals surface area contributed by atoms with Gasteiger partial charge in [-0.1, -0.05) is 101 Å². The SMILES string of the molecule is C[SiH](C)CC1(C2C=CC=C2)CCCCCCCCCCC1. The molecule has 0 aromatic rings. The van der Waals surface area contributed by atoms with E-state index in [1.165, 1.54) is 70.6 Å². The van der Waals surface area contributed by atoms with Crippen LogP contribution in [0.5, 0.6) is 0 Å². The van der Waals surface area contributed by atoms with Crippen molar-refractivity contribution in [2.75, 3.05) is 0 Å². The molecule has 0 saturated heterocycles. The summed E-state index contributed by atoms with van der Waals surface area (Å²) < 4.78 is 0. The highest BCUT2D eigenvalue weighted by Gasteiger charge is 2.36. The molecular weight excluding hydrogens is 268 g/mol. The number of hydrogen-bond acceptors (Lipinski definition) is 0. The first-order valence-electron chi connectivity index (χ1n) is 9.58. The summed E-state index contributed by atoms with van der Waals surface area (Å²) in [6.07, 6.45) is 25.9. The Morgan fingerprint density at radius 2 is 1.19 bits per heavy atom. The quantitative estimate of drug-likeness (QED) is 0.522. The van der Waals surface area contributed by atoms with Crippen molar-refractivity contribution in [3.8, 4) is 0 Å². The predicted octanol–water partition coefficient (Wildman–Crippen LogP) is 6.51. The second-order valence-electron chi connectivity index (χ2n) is 7.94. The molecule has 0 nitrogen and oxygen atoms in total. The average Bonchev–Trinajstić information content (AvgIpc) is 2.96. The van der Waals surface area contributed by atoms with Crippen LogP contribution >= 0.6 is 0 Å². The molecule has 1 fully saturated rings. The molecule has 0 atom stereocenters. The lowest BCUT2D eigenvalue weighted by Crippen LogP contribution is -2.32. The van der Waals surface area contributed by atoms with Gasteiger partial charge in [-0.3, -0.25) is 0 Å². The summed E-state index contributed by atoms with van der Waals surface area (Å²) in [6.45, 7) is 5.11. The lowest BCUT2D eigenvalue weighted by molar-refractivity contribution is 0.204. The number of rotatable bonds is 3. The third kappa shape index (κ3) is 5.43. The van der Waals surface area contributed by atoms with Crippen LogP contribution in [0.4, 0.5) is 0 Å². The minimum Gasteiger partial charge on any atom is -0.0771 e. The average molecular weight is 305 g/mol. The van der Waals surface area contributed by atoms with E-state index in [1.54, 1.807) is 6.04 Å². The van der Waals surface area contributed by atoms with Gasteiger partial charge in [0.1, 0.15) is 0 Å². The van der Waals surface area contributed by atoms with E-state index in [0.29, 0.717) is 5.41 Å². The van der Waals surface area contributed by atoms with E-state index in [-0.39, 0.29) is 0 Å². The molecule has 2 rings (SSSR count). The zero-order valence-corrected chi connectivity index (χ0v) is 15.6. The molecule has 0 bridgehead atoms.